The van der Waals surface area contributed by atoms with Gasteiger partial charge < -0.3 is 5.73 Å². The number of hydrogen-bond donors (Lipinski definition) is 1. The maximum atomic E-state index is 6.61. The van der Waals surface area contributed by atoms with Crippen molar-refractivity contribution in [2.45, 2.75) is 18.9 Å². The molecule has 4 rings (SSSR count). The summed E-state index contributed by atoms with van der Waals surface area (Å²) in [7, 11) is 0. The van der Waals surface area contributed by atoms with Crippen molar-refractivity contribution in [3.63, 3.8) is 0 Å². The minimum atomic E-state index is 0.129. The summed E-state index contributed by atoms with van der Waals surface area (Å²) < 4.78 is 1.36. The highest BCUT2D eigenvalue weighted by Crippen LogP contribution is 2.37. The van der Waals surface area contributed by atoms with Gasteiger partial charge in [0.2, 0.25) is 0 Å². The van der Waals surface area contributed by atoms with Crippen LogP contribution in [0.2, 0.25) is 0 Å². The standard InChI is InChI=1S/C18H17NS/c19-17(15-10-13-4-1-2-5-14(13)11-15)16-7-3-6-12-8-9-20-18(12)16/h1-9,15,17H,10-11,19H2. The second-order valence-electron chi connectivity index (χ2n) is 5.65. The topological polar surface area (TPSA) is 26.0 Å². The maximum Gasteiger partial charge on any atom is 0.0390 e. The van der Waals surface area contributed by atoms with E-state index in [1.165, 1.54) is 26.8 Å². The minimum Gasteiger partial charge on any atom is -0.324 e. The molecule has 2 aromatic carbocycles. The second-order valence-corrected chi connectivity index (χ2v) is 6.57. The van der Waals surface area contributed by atoms with Crippen molar-refractivity contribution in [3.05, 3.63) is 70.6 Å². The number of hydrogen-bond acceptors (Lipinski definition) is 2. The Balaban J connectivity index is 1.69. The lowest BCUT2D eigenvalue weighted by Crippen LogP contribution is -2.21. The van der Waals surface area contributed by atoms with Crippen molar-refractivity contribution in [3.8, 4) is 0 Å². The quantitative estimate of drug-likeness (QED) is 0.743. The van der Waals surface area contributed by atoms with Gasteiger partial charge in [0, 0.05) is 10.7 Å². The molecule has 0 bridgehead atoms. The summed E-state index contributed by atoms with van der Waals surface area (Å²) in [4.78, 5) is 0. The zero-order valence-corrected chi connectivity index (χ0v) is 12.1. The maximum absolute atomic E-state index is 6.61. The van der Waals surface area contributed by atoms with Crippen LogP contribution in [0.1, 0.15) is 22.7 Å². The normalized spacial score (nSPS) is 16.4. The summed E-state index contributed by atoms with van der Waals surface area (Å²) in [5.74, 6) is 0.528. The Kier molecular flexibility index (Phi) is 2.86. The molecule has 2 heteroatoms. The highest BCUT2D eigenvalue weighted by atomic mass is 32.1. The molecular weight excluding hydrogens is 262 g/mol. The fourth-order valence-corrected chi connectivity index (χ4v) is 4.34. The predicted molar refractivity (Wildman–Crippen MR) is 86.1 cm³/mol. The van der Waals surface area contributed by atoms with Crippen LogP contribution in [0, 0.1) is 5.92 Å². The zero-order valence-electron chi connectivity index (χ0n) is 11.3. The van der Waals surface area contributed by atoms with Crippen molar-refractivity contribution < 1.29 is 0 Å². The minimum absolute atomic E-state index is 0.129. The van der Waals surface area contributed by atoms with E-state index in [9.17, 15) is 0 Å². The highest BCUT2D eigenvalue weighted by molar-refractivity contribution is 7.17. The summed E-state index contributed by atoms with van der Waals surface area (Å²) in [6.07, 6.45) is 2.22. The molecule has 1 aromatic heterocycles. The predicted octanol–water partition coefficient (Wildman–Crippen LogP) is 4.32. The van der Waals surface area contributed by atoms with E-state index >= 15 is 0 Å². The van der Waals surface area contributed by atoms with Gasteiger partial charge in [0.05, 0.1) is 0 Å². The van der Waals surface area contributed by atoms with Crippen LogP contribution in [0.3, 0.4) is 0 Å². The van der Waals surface area contributed by atoms with Gasteiger partial charge in [-0.05, 0) is 52.3 Å². The van der Waals surface area contributed by atoms with Gasteiger partial charge in [-0.1, -0.05) is 42.5 Å². The average molecular weight is 279 g/mol. The third kappa shape index (κ3) is 1.88. The lowest BCUT2D eigenvalue weighted by Gasteiger charge is -2.20. The fraction of sp³-hybridized carbons (Fsp3) is 0.222. The molecule has 1 unspecified atom stereocenters. The smallest absolute Gasteiger partial charge is 0.0390 e. The lowest BCUT2D eigenvalue weighted by atomic mass is 9.91. The molecule has 1 nitrogen and oxygen atoms in total. The molecule has 0 radical (unpaired) electrons. The molecular formula is C18H17NS. The van der Waals surface area contributed by atoms with Gasteiger partial charge in [0.15, 0.2) is 0 Å². The Morgan fingerprint density at radius 2 is 1.70 bits per heavy atom. The van der Waals surface area contributed by atoms with Crippen LogP contribution < -0.4 is 5.73 Å². The van der Waals surface area contributed by atoms with Crippen molar-refractivity contribution in [1.82, 2.24) is 0 Å². The Morgan fingerprint density at radius 3 is 2.45 bits per heavy atom. The number of nitrogens with two attached hydrogens (primary N) is 1. The van der Waals surface area contributed by atoms with E-state index in [0.717, 1.165) is 12.8 Å². The second kappa shape index (κ2) is 4.72. The molecule has 1 atom stereocenters. The molecule has 0 saturated carbocycles. The molecule has 2 N–H and O–H groups in total. The van der Waals surface area contributed by atoms with E-state index in [2.05, 4.69) is 53.9 Å². The van der Waals surface area contributed by atoms with E-state index in [-0.39, 0.29) is 6.04 Å². The summed E-state index contributed by atoms with van der Waals surface area (Å²) >= 11 is 1.80. The number of thiophene rings is 1. The van der Waals surface area contributed by atoms with E-state index in [0.29, 0.717) is 5.92 Å². The van der Waals surface area contributed by atoms with Crippen molar-refractivity contribution in [2.24, 2.45) is 11.7 Å². The van der Waals surface area contributed by atoms with Crippen molar-refractivity contribution in [2.75, 3.05) is 0 Å². The Labute approximate surface area is 123 Å². The zero-order chi connectivity index (χ0) is 13.5. The van der Waals surface area contributed by atoms with Crippen LogP contribution in [0.4, 0.5) is 0 Å². The van der Waals surface area contributed by atoms with Crippen LogP contribution in [0.5, 0.6) is 0 Å². The first-order valence-electron chi connectivity index (χ1n) is 7.11. The summed E-state index contributed by atoms with van der Waals surface area (Å²) in [5, 5.41) is 3.48. The third-order valence-corrected chi connectivity index (χ3v) is 5.44. The Morgan fingerprint density at radius 1 is 0.950 bits per heavy atom. The lowest BCUT2D eigenvalue weighted by molar-refractivity contribution is 0.456. The molecule has 0 fully saturated rings. The van der Waals surface area contributed by atoms with Gasteiger partial charge in [0.25, 0.3) is 0 Å². The fourth-order valence-electron chi connectivity index (χ4n) is 3.38. The van der Waals surface area contributed by atoms with E-state index in [1.807, 2.05) is 0 Å². The van der Waals surface area contributed by atoms with Crippen LogP contribution in [0.15, 0.2) is 53.9 Å². The van der Waals surface area contributed by atoms with Gasteiger partial charge in [-0.15, -0.1) is 11.3 Å². The average Bonchev–Trinajstić information content (AvgIpc) is 3.12. The van der Waals surface area contributed by atoms with Crippen LogP contribution >= 0.6 is 11.3 Å². The monoisotopic (exact) mass is 279 g/mol. The molecule has 0 saturated heterocycles. The SMILES string of the molecule is NC(c1cccc2ccsc12)C1Cc2ccccc2C1. The van der Waals surface area contributed by atoms with E-state index in [4.69, 9.17) is 5.73 Å². The molecule has 0 amide bonds. The van der Waals surface area contributed by atoms with Crippen molar-refractivity contribution >= 4 is 21.4 Å². The van der Waals surface area contributed by atoms with Crippen LogP contribution in [-0.2, 0) is 12.8 Å². The first-order valence-corrected chi connectivity index (χ1v) is 7.99. The molecule has 0 aliphatic heterocycles. The summed E-state index contributed by atoms with van der Waals surface area (Å²) in [6.45, 7) is 0. The van der Waals surface area contributed by atoms with Gasteiger partial charge in [-0.2, -0.15) is 0 Å². The van der Waals surface area contributed by atoms with Gasteiger partial charge in [-0.3, -0.25) is 0 Å². The molecule has 1 heterocycles. The van der Waals surface area contributed by atoms with Gasteiger partial charge in [0.1, 0.15) is 0 Å². The summed E-state index contributed by atoms with van der Waals surface area (Å²) in [6, 6.07) is 17.6. The molecule has 1 aliphatic carbocycles. The largest absolute Gasteiger partial charge is 0.324 e. The third-order valence-electron chi connectivity index (χ3n) is 4.46. The molecule has 0 spiro atoms. The van der Waals surface area contributed by atoms with E-state index in [1.54, 1.807) is 11.3 Å². The first kappa shape index (κ1) is 12.1. The molecule has 3 aromatic rings. The number of benzene rings is 2. The number of fused-ring (bicyclic) bond motifs is 2. The van der Waals surface area contributed by atoms with Crippen molar-refractivity contribution in [1.29, 1.82) is 0 Å². The first-order chi connectivity index (χ1) is 9.83. The highest BCUT2D eigenvalue weighted by Gasteiger charge is 2.28. The summed E-state index contributed by atoms with van der Waals surface area (Å²) in [5.41, 5.74) is 10.9. The number of rotatable bonds is 2. The van der Waals surface area contributed by atoms with E-state index < -0.39 is 0 Å². The Hall–Kier alpha value is -1.64. The molecule has 100 valence electrons. The van der Waals surface area contributed by atoms with Crippen LogP contribution in [0.25, 0.3) is 10.1 Å². The Bertz CT molecular complexity index is 734. The van der Waals surface area contributed by atoms with Crippen LogP contribution in [-0.4, -0.2) is 0 Å². The van der Waals surface area contributed by atoms with Gasteiger partial charge in [-0.25, -0.2) is 0 Å². The molecule has 20 heavy (non-hydrogen) atoms. The van der Waals surface area contributed by atoms with Gasteiger partial charge >= 0.3 is 0 Å². The molecule has 1 aliphatic rings.